The van der Waals surface area contributed by atoms with E-state index >= 15 is 0 Å². The molecule has 108 valence electrons. The summed E-state index contributed by atoms with van der Waals surface area (Å²) in [6.45, 7) is 3.58. The minimum Gasteiger partial charge on any atom is -0.379 e. The number of imidazole rings is 1. The predicted molar refractivity (Wildman–Crippen MR) is 79.9 cm³/mol. The number of nitrogens with zero attached hydrogens (tertiary/aromatic N) is 2. The first-order valence-electron chi connectivity index (χ1n) is 6.69. The van der Waals surface area contributed by atoms with E-state index in [1.54, 1.807) is 19.4 Å². The molecular weight excluding hydrogens is 268 g/mol. The second kappa shape index (κ2) is 5.05. The Balaban J connectivity index is 1.77. The standard InChI is InChI=1S/C15H16N4O2/c1-10-7-15(2,21-19-10)14(20)18-12-5-3-4-11(6-12)13-8-16-9-17-13/h3-6,8-9H,7H2,1-2H3,(H,16,17)(H,18,20). The minimum atomic E-state index is -0.936. The number of carbonyl (C=O) groups excluding carboxylic acids is 1. The summed E-state index contributed by atoms with van der Waals surface area (Å²) < 4.78 is 0. The molecular formula is C15H16N4O2. The van der Waals surface area contributed by atoms with E-state index < -0.39 is 5.60 Å². The van der Waals surface area contributed by atoms with Gasteiger partial charge in [0.2, 0.25) is 5.60 Å². The fourth-order valence-corrected chi connectivity index (χ4v) is 2.29. The molecule has 6 nitrogen and oxygen atoms in total. The zero-order chi connectivity index (χ0) is 14.9. The summed E-state index contributed by atoms with van der Waals surface area (Å²) in [5.41, 5.74) is 2.44. The highest BCUT2D eigenvalue weighted by atomic mass is 16.7. The first-order chi connectivity index (χ1) is 10.1. The lowest BCUT2D eigenvalue weighted by Gasteiger charge is -2.20. The van der Waals surface area contributed by atoms with E-state index in [2.05, 4.69) is 20.4 Å². The van der Waals surface area contributed by atoms with Crippen molar-refractivity contribution < 1.29 is 9.63 Å². The van der Waals surface area contributed by atoms with Crippen LogP contribution in [0.5, 0.6) is 0 Å². The van der Waals surface area contributed by atoms with E-state index in [0.29, 0.717) is 12.1 Å². The quantitative estimate of drug-likeness (QED) is 0.909. The average Bonchev–Trinajstić information content (AvgIpc) is 3.10. The van der Waals surface area contributed by atoms with Crippen LogP contribution in [0, 0.1) is 0 Å². The molecule has 0 fully saturated rings. The van der Waals surface area contributed by atoms with Crippen molar-refractivity contribution in [2.75, 3.05) is 5.32 Å². The zero-order valence-corrected chi connectivity index (χ0v) is 11.9. The van der Waals surface area contributed by atoms with E-state index in [4.69, 9.17) is 4.84 Å². The highest BCUT2D eigenvalue weighted by molar-refractivity contribution is 6.01. The van der Waals surface area contributed by atoms with Crippen LogP contribution in [-0.4, -0.2) is 27.2 Å². The number of benzene rings is 1. The summed E-state index contributed by atoms with van der Waals surface area (Å²) in [6.07, 6.45) is 3.85. The van der Waals surface area contributed by atoms with Crippen molar-refractivity contribution in [2.45, 2.75) is 25.9 Å². The van der Waals surface area contributed by atoms with Crippen LogP contribution >= 0.6 is 0 Å². The molecule has 3 rings (SSSR count). The molecule has 0 saturated carbocycles. The van der Waals surface area contributed by atoms with Gasteiger partial charge in [-0.1, -0.05) is 17.3 Å². The third kappa shape index (κ3) is 2.65. The monoisotopic (exact) mass is 284 g/mol. The summed E-state index contributed by atoms with van der Waals surface area (Å²) in [4.78, 5) is 24.6. The van der Waals surface area contributed by atoms with Gasteiger partial charge in [-0.25, -0.2) is 4.98 Å². The van der Waals surface area contributed by atoms with Gasteiger partial charge in [0.25, 0.3) is 5.91 Å². The van der Waals surface area contributed by atoms with Gasteiger partial charge in [0.15, 0.2) is 0 Å². The number of rotatable bonds is 3. The third-order valence-electron chi connectivity index (χ3n) is 3.41. The maximum Gasteiger partial charge on any atom is 0.271 e. The number of amides is 1. The number of nitrogens with one attached hydrogen (secondary N) is 2. The molecule has 1 aliphatic rings. The minimum absolute atomic E-state index is 0.204. The Morgan fingerprint density at radius 1 is 1.48 bits per heavy atom. The van der Waals surface area contributed by atoms with Crippen LogP contribution in [0.2, 0.25) is 0 Å². The SMILES string of the molecule is CC1=NOC(C)(C(=O)Nc2cccc(-c3cnc[nH]3)c2)C1. The van der Waals surface area contributed by atoms with Gasteiger partial charge < -0.3 is 15.1 Å². The normalized spacial score (nSPS) is 20.8. The molecule has 0 aliphatic carbocycles. The second-order valence-corrected chi connectivity index (χ2v) is 5.33. The summed E-state index contributed by atoms with van der Waals surface area (Å²) in [6, 6.07) is 7.55. The van der Waals surface area contributed by atoms with Crippen LogP contribution in [-0.2, 0) is 9.63 Å². The van der Waals surface area contributed by atoms with Crippen LogP contribution in [0.15, 0.2) is 41.9 Å². The number of anilines is 1. The fourth-order valence-electron chi connectivity index (χ4n) is 2.29. The second-order valence-electron chi connectivity index (χ2n) is 5.33. The molecule has 6 heteroatoms. The fraction of sp³-hybridized carbons (Fsp3) is 0.267. The van der Waals surface area contributed by atoms with Crippen molar-refractivity contribution in [2.24, 2.45) is 5.16 Å². The lowest BCUT2D eigenvalue weighted by atomic mass is 9.99. The van der Waals surface area contributed by atoms with Gasteiger partial charge in [0, 0.05) is 17.7 Å². The lowest BCUT2D eigenvalue weighted by Crippen LogP contribution is -2.40. The summed E-state index contributed by atoms with van der Waals surface area (Å²) in [5, 5.41) is 6.73. The lowest BCUT2D eigenvalue weighted by molar-refractivity contribution is -0.135. The van der Waals surface area contributed by atoms with Crippen molar-refractivity contribution in [1.82, 2.24) is 9.97 Å². The first-order valence-corrected chi connectivity index (χ1v) is 6.69. The van der Waals surface area contributed by atoms with Crippen molar-refractivity contribution in [1.29, 1.82) is 0 Å². The van der Waals surface area contributed by atoms with Crippen LogP contribution in [0.25, 0.3) is 11.3 Å². The topological polar surface area (TPSA) is 79.4 Å². The number of hydrogen-bond donors (Lipinski definition) is 2. The molecule has 2 N–H and O–H groups in total. The van der Waals surface area contributed by atoms with Gasteiger partial charge in [-0.05, 0) is 26.0 Å². The van der Waals surface area contributed by atoms with E-state index in [9.17, 15) is 4.79 Å². The number of oxime groups is 1. The molecule has 1 unspecified atom stereocenters. The van der Waals surface area contributed by atoms with Crippen LogP contribution in [0.1, 0.15) is 20.3 Å². The van der Waals surface area contributed by atoms with Crippen molar-refractivity contribution in [3.05, 3.63) is 36.8 Å². The molecule has 1 amide bonds. The Bertz CT molecular complexity index is 693. The summed E-state index contributed by atoms with van der Waals surface area (Å²) in [5.74, 6) is -0.204. The molecule has 2 aromatic rings. The number of carbonyl (C=O) groups is 1. The molecule has 1 aliphatic heterocycles. The molecule has 0 saturated heterocycles. The summed E-state index contributed by atoms with van der Waals surface area (Å²) in [7, 11) is 0. The largest absolute Gasteiger partial charge is 0.379 e. The van der Waals surface area contributed by atoms with Gasteiger partial charge >= 0.3 is 0 Å². The van der Waals surface area contributed by atoms with Gasteiger partial charge in [-0.2, -0.15) is 0 Å². The predicted octanol–water partition coefficient (Wildman–Crippen LogP) is 2.57. The third-order valence-corrected chi connectivity index (χ3v) is 3.41. The molecule has 1 aromatic carbocycles. The molecule has 0 bridgehead atoms. The van der Waals surface area contributed by atoms with E-state index in [1.807, 2.05) is 31.2 Å². The highest BCUT2D eigenvalue weighted by Crippen LogP contribution is 2.26. The Morgan fingerprint density at radius 2 is 2.33 bits per heavy atom. The molecule has 1 aromatic heterocycles. The Hall–Kier alpha value is -2.63. The van der Waals surface area contributed by atoms with Crippen molar-refractivity contribution in [3.63, 3.8) is 0 Å². The molecule has 21 heavy (non-hydrogen) atoms. The van der Waals surface area contributed by atoms with Crippen LogP contribution in [0.4, 0.5) is 5.69 Å². The van der Waals surface area contributed by atoms with Crippen molar-refractivity contribution >= 4 is 17.3 Å². The van der Waals surface area contributed by atoms with E-state index in [-0.39, 0.29) is 5.91 Å². The highest BCUT2D eigenvalue weighted by Gasteiger charge is 2.40. The summed E-state index contributed by atoms with van der Waals surface area (Å²) >= 11 is 0. The molecule has 2 heterocycles. The zero-order valence-electron chi connectivity index (χ0n) is 11.9. The number of aromatic amines is 1. The Kier molecular flexibility index (Phi) is 3.21. The van der Waals surface area contributed by atoms with E-state index in [1.165, 1.54) is 0 Å². The van der Waals surface area contributed by atoms with E-state index in [0.717, 1.165) is 17.0 Å². The number of hydrogen-bond acceptors (Lipinski definition) is 4. The smallest absolute Gasteiger partial charge is 0.271 e. The molecule has 0 radical (unpaired) electrons. The van der Waals surface area contributed by atoms with Crippen LogP contribution < -0.4 is 5.32 Å². The van der Waals surface area contributed by atoms with Gasteiger partial charge in [-0.3, -0.25) is 4.79 Å². The van der Waals surface area contributed by atoms with Crippen LogP contribution in [0.3, 0.4) is 0 Å². The Morgan fingerprint density at radius 3 is 3.00 bits per heavy atom. The van der Waals surface area contributed by atoms with Gasteiger partial charge in [0.1, 0.15) is 0 Å². The molecule has 1 atom stereocenters. The maximum atomic E-state index is 12.4. The molecule has 0 spiro atoms. The Labute approximate surface area is 122 Å². The van der Waals surface area contributed by atoms with Crippen molar-refractivity contribution in [3.8, 4) is 11.3 Å². The average molecular weight is 284 g/mol. The number of aromatic nitrogens is 2. The first kappa shape index (κ1) is 13.4. The van der Waals surface area contributed by atoms with Gasteiger partial charge in [0.05, 0.1) is 23.9 Å². The van der Waals surface area contributed by atoms with Gasteiger partial charge in [-0.15, -0.1) is 0 Å². The number of H-pyrrole nitrogens is 1. The maximum absolute atomic E-state index is 12.4.